The van der Waals surface area contributed by atoms with Crippen molar-refractivity contribution < 1.29 is 23.1 Å². The van der Waals surface area contributed by atoms with E-state index < -0.39 is 23.2 Å². The van der Waals surface area contributed by atoms with E-state index in [0.717, 1.165) is 6.07 Å². The summed E-state index contributed by atoms with van der Waals surface area (Å²) >= 11 is 0. The van der Waals surface area contributed by atoms with Gasteiger partial charge in [-0.05, 0) is 12.5 Å². The fourth-order valence-corrected chi connectivity index (χ4v) is 1.74. The first-order chi connectivity index (χ1) is 7.28. The van der Waals surface area contributed by atoms with Gasteiger partial charge in [-0.2, -0.15) is 13.2 Å². The molecule has 3 nitrogen and oxygen atoms in total. The fourth-order valence-electron chi connectivity index (χ4n) is 1.74. The number of aliphatic hydroxyl groups is 1. The highest BCUT2D eigenvalue weighted by Gasteiger charge is 2.64. The Morgan fingerprint density at radius 2 is 2.00 bits per heavy atom. The highest BCUT2D eigenvalue weighted by atomic mass is 19.4. The average Bonchev–Trinajstić information content (AvgIpc) is 2.43. The van der Waals surface area contributed by atoms with Crippen LogP contribution in [0, 0.1) is 6.92 Å². The number of para-hydroxylation sites is 1. The van der Waals surface area contributed by atoms with E-state index in [-0.39, 0.29) is 5.69 Å². The predicted molar refractivity (Wildman–Crippen MR) is 49.8 cm³/mol. The van der Waals surface area contributed by atoms with Crippen molar-refractivity contribution in [3.05, 3.63) is 29.3 Å². The van der Waals surface area contributed by atoms with Crippen molar-refractivity contribution in [3.8, 4) is 0 Å². The Labute approximate surface area is 88.9 Å². The van der Waals surface area contributed by atoms with E-state index in [4.69, 9.17) is 0 Å². The molecule has 1 amide bonds. The number of halogens is 3. The van der Waals surface area contributed by atoms with Crippen LogP contribution in [0.3, 0.4) is 0 Å². The smallest absolute Gasteiger partial charge is 0.368 e. The summed E-state index contributed by atoms with van der Waals surface area (Å²) in [6.45, 7) is 1.56. The Hall–Kier alpha value is -1.56. The summed E-state index contributed by atoms with van der Waals surface area (Å²) in [5.74, 6) is -1.45. The second-order valence-corrected chi connectivity index (χ2v) is 3.66. The summed E-state index contributed by atoms with van der Waals surface area (Å²) in [5, 5.41) is 11.6. The number of benzene rings is 1. The van der Waals surface area contributed by atoms with Crippen LogP contribution in [0.4, 0.5) is 18.9 Å². The van der Waals surface area contributed by atoms with Crippen molar-refractivity contribution in [1.29, 1.82) is 0 Å². The van der Waals surface area contributed by atoms with E-state index in [1.165, 1.54) is 6.07 Å². The Kier molecular flexibility index (Phi) is 2.03. The predicted octanol–water partition coefficient (Wildman–Crippen LogP) is 1.70. The number of amides is 1. The van der Waals surface area contributed by atoms with Crippen molar-refractivity contribution in [3.63, 3.8) is 0 Å². The third-order valence-corrected chi connectivity index (χ3v) is 2.64. The summed E-state index contributed by atoms with van der Waals surface area (Å²) in [7, 11) is 0. The topological polar surface area (TPSA) is 49.3 Å². The number of aryl methyl sites for hydroxylation is 1. The highest BCUT2D eigenvalue weighted by molar-refractivity contribution is 6.06. The maximum atomic E-state index is 12.7. The van der Waals surface area contributed by atoms with Gasteiger partial charge in [0.2, 0.25) is 0 Å². The molecule has 1 aromatic rings. The van der Waals surface area contributed by atoms with Crippen LogP contribution in [0.2, 0.25) is 0 Å². The van der Waals surface area contributed by atoms with E-state index in [0.29, 0.717) is 5.56 Å². The van der Waals surface area contributed by atoms with Crippen LogP contribution >= 0.6 is 0 Å². The summed E-state index contributed by atoms with van der Waals surface area (Å²) in [6.07, 6.45) is -5.03. The van der Waals surface area contributed by atoms with Gasteiger partial charge < -0.3 is 10.4 Å². The molecule has 0 aromatic heterocycles. The standard InChI is InChI=1S/C10H8F3NO2/c1-5-3-2-4-6-7(5)14-8(15)9(6,16)10(11,12)13/h2-4,16H,1H3,(H,14,15). The van der Waals surface area contributed by atoms with Gasteiger partial charge in [-0.15, -0.1) is 0 Å². The van der Waals surface area contributed by atoms with Crippen molar-refractivity contribution in [2.75, 3.05) is 5.32 Å². The lowest BCUT2D eigenvalue weighted by atomic mass is 9.93. The molecule has 1 unspecified atom stereocenters. The molecule has 2 rings (SSSR count). The zero-order chi connectivity index (χ0) is 12.1. The normalized spacial score (nSPS) is 24.2. The highest BCUT2D eigenvalue weighted by Crippen LogP contribution is 2.47. The van der Waals surface area contributed by atoms with E-state index in [9.17, 15) is 23.1 Å². The molecule has 0 saturated carbocycles. The summed E-state index contributed by atoms with van der Waals surface area (Å²) in [4.78, 5) is 11.3. The molecule has 1 aliphatic heterocycles. The van der Waals surface area contributed by atoms with Crippen LogP contribution in [-0.2, 0) is 10.4 Å². The molecule has 86 valence electrons. The van der Waals surface area contributed by atoms with Gasteiger partial charge in [0, 0.05) is 5.56 Å². The number of hydrogen-bond donors (Lipinski definition) is 2. The van der Waals surface area contributed by atoms with E-state index in [1.54, 1.807) is 13.0 Å². The Morgan fingerprint density at radius 1 is 1.38 bits per heavy atom. The van der Waals surface area contributed by atoms with Crippen molar-refractivity contribution >= 4 is 11.6 Å². The molecule has 0 saturated heterocycles. The first-order valence-electron chi connectivity index (χ1n) is 4.49. The van der Waals surface area contributed by atoms with Crippen LogP contribution in [-0.4, -0.2) is 17.2 Å². The number of hydrogen-bond acceptors (Lipinski definition) is 2. The molecule has 1 aromatic carbocycles. The summed E-state index contributed by atoms with van der Waals surface area (Å²) in [5.41, 5.74) is -3.36. The van der Waals surface area contributed by atoms with Gasteiger partial charge in [0.15, 0.2) is 0 Å². The quantitative estimate of drug-likeness (QED) is 0.713. The zero-order valence-corrected chi connectivity index (χ0v) is 8.22. The molecule has 6 heteroatoms. The van der Waals surface area contributed by atoms with Gasteiger partial charge in [0.25, 0.3) is 11.5 Å². The number of carbonyl (C=O) groups is 1. The Bertz CT molecular complexity index is 470. The number of carbonyl (C=O) groups excluding carboxylic acids is 1. The molecule has 1 aliphatic rings. The molecule has 0 aliphatic carbocycles. The number of alkyl halides is 3. The zero-order valence-electron chi connectivity index (χ0n) is 8.22. The second kappa shape index (κ2) is 2.98. The first kappa shape index (κ1) is 10.9. The van der Waals surface area contributed by atoms with Crippen LogP contribution in [0.5, 0.6) is 0 Å². The lowest BCUT2D eigenvalue weighted by Crippen LogP contribution is -2.47. The SMILES string of the molecule is Cc1cccc2c1NC(=O)C2(O)C(F)(F)F. The molecular formula is C10H8F3NO2. The van der Waals surface area contributed by atoms with Crippen LogP contribution in [0.25, 0.3) is 0 Å². The molecule has 2 N–H and O–H groups in total. The van der Waals surface area contributed by atoms with E-state index in [1.807, 2.05) is 0 Å². The van der Waals surface area contributed by atoms with Gasteiger partial charge >= 0.3 is 6.18 Å². The molecule has 1 heterocycles. The fraction of sp³-hybridized carbons (Fsp3) is 0.300. The van der Waals surface area contributed by atoms with Gasteiger partial charge in [-0.3, -0.25) is 4.79 Å². The Balaban J connectivity index is 2.70. The maximum Gasteiger partial charge on any atom is 0.430 e. The monoisotopic (exact) mass is 231 g/mol. The van der Waals surface area contributed by atoms with E-state index >= 15 is 0 Å². The van der Waals surface area contributed by atoms with Crippen LogP contribution < -0.4 is 5.32 Å². The lowest BCUT2D eigenvalue weighted by Gasteiger charge is -2.23. The summed E-state index contributed by atoms with van der Waals surface area (Å²) in [6, 6.07) is 4.01. The second-order valence-electron chi connectivity index (χ2n) is 3.66. The Morgan fingerprint density at radius 3 is 2.56 bits per heavy atom. The minimum absolute atomic E-state index is 0.0346. The van der Waals surface area contributed by atoms with Gasteiger partial charge in [0.1, 0.15) is 0 Å². The van der Waals surface area contributed by atoms with Crippen molar-refractivity contribution in [1.82, 2.24) is 0 Å². The van der Waals surface area contributed by atoms with E-state index in [2.05, 4.69) is 5.32 Å². The van der Waals surface area contributed by atoms with Crippen molar-refractivity contribution in [2.45, 2.75) is 18.7 Å². The molecule has 0 radical (unpaired) electrons. The molecule has 0 fully saturated rings. The number of rotatable bonds is 0. The van der Waals surface area contributed by atoms with Crippen LogP contribution in [0.15, 0.2) is 18.2 Å². The number of anilines is 1. The molecule has 16 heavy (non-hydrogen) atoms. The molecular weight excluding hydrogens is 223 g/mol. The largest absolute Gasteiger partial charge is 0.430 e. The third kappa shape index (κ3) is 1.16. The molecule has 0 spiro atoms. The lowest BCUT2D eigenvalue weighted by molar-refractivity contribution is -0.252. The number of nitrogens with one attached hydrogen (secondary N) is 1. The van der Waals surface area contributed by atoms with Gasteiger partial charge in [-0.25, -0.2) is 0 Å². The number of fused-ring (bicyclic) bond motifs is 1. The van der Waals surface area contributed by atoms with Crippen LogP contribution in [0.1, 0.15) is 11.1 Å². The minimum atomic E-state index is -5.03. The van der Waals surface area contributed by atoms with Gasteiger partial charge in [0.05, 0.1) is 5.69 Å². The maximum absolute atomic E-state index is 12.7. The average molecular weight is 231 g/mol. The molecule has 1 atom stereocenters. The van der Waals surface area contributed by atoms with Crippen molar-refractivity contribution in [2.24, 2.45) is 0 Å². The van der Waals surface area contributed by atoms with Gasteiger partial charge in [-0.1, -0.05) is 18.2 Å². The first-order valence-corrected chi connectivity index (χ1v) is 4.49. The third-order valence-electron chi connectivity index (χ3n) is 2.64. The minimum Gasteiger partial charge on any atom is -0.368 e. The summed E-state index contributed by atoms with van der Waals surface area (Å²) < 4.78 is 38.1. The molecule has 0 bridgehead atoms.